The highest BCUT2D eigenvalue weighted by Gasteiger charge is 2.19. The van der Waals surface area contributed by atoms with Gasteiger partial charge in [-0.25, -0.2) is 0 Å². The van der Waals surface area contributed by atoms with Crippen molar-refractivity contribution >= 4 is 104 Å². The summed E-state index contributed by atoms with van der Waals surface area (Å²) in [6, 6.07) is 48.5. The van der Waals surface area contributed by atoms with Crippen molar-refractivity contribution in [3.63, 3.8) is 0 Å². The van der Waals surface area contributed by atoms with Crippen molar-refractivity contribution in [3.05, 3.63) is 238 Å². The lowest BCUT2D eigenvalue weighted by atomic mass is 10.1. The number of hydrogen-bond acceptors (Lipinski definition) is 31. The molecule has 7 rings (SSSR count). The Morgan fingerprint density at radius 1 is 0.333 bits per heavy atom. The van der Waals surface area contributed by atoms with Gasteiger partial charge in [0.2, 0.25) is 34.7 Å². The predicted octanol–water partition coefficient (Wildman–Crippen LogP) is 14.4. The Balaban J connectivity index is 0.000000502. The van der Waals surface area contributed by atoms with Crippen molar-refractivity contribution < 1.29 is 127 Å². The normalized spacial score (nSPS) is 10.8. The number of unbranched alkanes of at least 4 members (excludes halogenated alkanes) is 4. The van der Waals surface area contributed by atoms with Gasteiger partial charge in [0.25, 0.3) is 0 Å². The molecule has 0 bridgehead atoms. The molecular weight excluding hydrogens is 1590 g/mol. The second-order valence-corrected chi connectivity index (χ2v) is 25.6. The predicted molar refractivity (Wildman–Crippen MR) is 448 cm³/mol. The molecule has 0 saturated carbocycles. The molecule has 31 nitrogen and oxygen atoms in total. The smallest absolute Gasteiger partial charge is 0.224 e. The summed E-state index contributed by atoms with van der Waals surface area (Å²) < 4.78 is 27.5. The number of nitriles is 5. The van der Waals surface area contributed by atoms with Crippen LogP contribution in [0.4, 0.5) is 0 Å². The van der Waals surface area contributed by atoms with Gasteiger partial charge in [0.05, 0.1) is 90.2 Å². The molecule has 0 aromatic heterocycles. The van der Waals surface area contributed by atoms with Gasteiger partial charge in [0.1, 0.15) is 75.7 Å². The lowest BCUT2D eigenvalue weighted by molar-refractivity contribution is -0.132. The Bertz CT molecular complexity index is 5320. The van der Waals surface area contributed by atoms with Gasteiger partial charge in [0, 0.05) is 115 Å². The number of aryl methyl sites for hydroxylation is 2. The fourth-order valence-electron chi connectivity index (χ4n) is 9.14. The Kier molecular flexibility index (Phi) is 46.2. The van der Waals surface area contributed by atoms with Gasteiger partial charge in [0.15, 0.2) is 46.2 Å². The highest BCUT2D eigenvalue weighted by Crippen LogP contribution is 2.34. The van der Waals surface area contributed by atoms with Gasteiger partial charge in [-0.1, -0.05) is 66.2 Å². The fourth-order valence-corrected chi connectivity index (χ4v) is 9.14. The zero-order valence-electron chi connectivity index (χ0n) is 68.2. The van der Waals surface area contributed by atoms with Crippen molar-refractivity contribution in [2.75, 3.05) is 26.4 Å². The molecule has 0 aliphatic rings. The third kappa shape index (κ3) is 38.5. The van der Waals surface area contributed by atoms with Crippen LogP contribution in [0.2, 0.25) is 0 Å². The SMILES string of the molecule is CC(=O)C(=O)C=C(O)c1cc(C)ccc1OCCCC#N.CC(=O)C(=O)C=C(O)c1cc(O)ccc1OCCCC#N.CC(=O)C(=O)C=C(O)c1ccc(C)cc1OCCCC#N.CC(=O)C(=O)C=C(O)c1cccc(O)c1O.CC(=O)C(=O)C=C(O)c1cccc(OCc2ccccc2C#N)c1.CC(=O)C(=O)C=C(O)c1ccccc1OCCCC#N. The van der Waals surface area contributed by atoms with E-state index < -0.39 is 92.4 Å². The van der Waals surface area contributed by atoms with E-state index >= 15 is 0 Å². The number of ketones is 12. The van der Waals surface area contributed by atoms with E-state index in [2.05, 4.69) is 6.07 Å². The molecule has 7 aromatic rings. The summed E-state index contributed by atoms with van der Waals surface area (Å²) >= 11 is 0. The summed E-state index contributed by atoms with van der Waals surface area (Å²) in [5.41, 5.74) is 4.45. The van der Waals surface area contributed by atoms with Gasteiger partial charge < -0.3 is 69.6 Å². The number of phenols is 3. The van der Waals surface area contributed by atoms with Crippen LogP contribution in [-0.2, 0) is 64.1 Å². The van der Waals surface area contributed by atoms with Gasteiger partial charge in [-0.2, -0.15) is 26.3 Å². The zero-order valence-corrected chi connectivity index (χ0v) is 68.2. The number of ether oxygens (including phenoxy) is 5. The lowest BCUT2D eigenvalue weighted by Gasteiger charge is -2.11. The van der Waals surface area contributed by atoms with E-state index in [9.17, 15) is 98.4 Å². The molecule has 638 valence electrons. The number of aliphatic hydroxyl groups excluding tert-OH is 6. The second kappa shape index (κ2) is 55.3. The van der Waals surface area contributed by atoms with Gasteiger partial charge in [-0.15, -0.1) is 0 Å². The number of aliphatic hydroxyl groups is 6. The van der Waals surface area contributed by atoms with Crippen LogP contribution in [0.25, 0.3) is 34.6 Å². The number of aromatic hydroxyl groups is 3. The molecule has 0 heterocycles. The van der Waals surface area contributed by atoms with E-state index in [1.165, 1.54) is 36.4 Å². The fraction of sp³-hybridized carbons (Fsp3) is 0.228. The standard InChI is InChI=1S/C19H15NO4.2C16H17NO4.C15H15NO5.C15H15NO4.C11H10O5/c1-13(21)18(22)10-19(23)14-7-4-8-17(9-14)24-12-16-6-3-2-5-15(16)11-20;1-11-5-6-16(21-8-4-3-7-17)13(9-11)15(20)10-14(19)12(2)18;1-11-5-6-13(15(20)10-14(19)12(2)18)16(9-11)21-8-4-3-7-17;1-10(17)13(19)9-14(20)12-8-11(18)4-5-15(12)21-7-3-2-6-16;1-11(17)13(18)10-14(19)12-6-2-3-7-15(12)20-9-5-4-8-16;1-6(12)9(14)5-10(15)7-3-2-4-8(13)11(7)16/h2-10,23H,12H2,1H3;2*5-6,9-10,20H,3-4,8H2,1-2H3;4-5,8-9,18,20H,2-3,7H2,1H3;2-3,6-7,10,19H,4-5,9H2,1H3;2-5,13,15-16H,1H3. The average molecular weight is 1680 g/mol. The molecule has 0 amide bonds. The number of hydrogen-bond donors (Lipinski definition) is 9. The topological polar surface area (TPSA) is 552 Å². The lowest BCUT2D eigenvalue weighted by Crippen LogP contribution is -2.07. The number of Topliss-reactive ketones (excluding diaryl/α,β-unsaturated/α-hetero) is 6. The highest BCUT2D eigenvalue weighted by atomic mass is 16.5. The molecule has 9 N–H and O–H groups in total. The van der Waals surface area contributed by atoms with Crippen molar-refractivity contribution in [1.82, 2.24) is 0 Å². The summed E-state index contributed by atoms with van der Waals surface area (Å²) in [6.07, 6.45) is 8.69. The number of phenolic OH excluding ortho intramolecular Hbond substituents is 3. The minimum absolute atomic E-state index is 0.0987. The van der Waals surface area contributed by atoms with Crippen LogP contribution in [0.5, 0.6) is 46.0 Å². The highest BCUT2D eigenvalue weighted by molar-refractivity contribution is 6.44. The summed E-state index contributed by atoms with van der Waals surface area (Å²) in [6.45, 7) is 11.9. The molecule has 0 fully saturated rings. The van der Waals surface area contributed by atoms with Crippen molar-refractivity contribution in [1.29, 1.82) is 26.3 Å². The Morgan fingerprint density at radius 3 is 1.13 bits per heavy atom. The van der Waals surface area contributed by atoms with Gasteiger partial charge in [-0.3, -0.25) is 57.5 Å². The van der Waals surface area contributed by atoms with Crippen LogP contribution >= 0.6 is 0 Å². The van der Waals surface area contributed by atoms with Crippen LogP contribution in [0, 0.1) is 70.5 Å². The molecule has 0 saturated heterocycles. The molecular formula is C92H89N5O26. The van der Waals surface area contributed by atoms with E-state index in [1.807, 2.05) is 50.3 Å². The summed E-state index contributed by atoms with van der Waals surface area (Å²) in [5, 5.41) is 130. The van der Waals surface area contributed by atoms with Crippen LogP contribution in [-0.4, -0.2) is 142 Å². The van der Waals surface area contributed by atoms with Crippen LogP contribution < -0.4 is 23.7 Å². The zero-order chi connectivity index (χ0) is 92.3. The van der Waals surface area contributed by atoms with E-state index in [0.29, 0.717) is 128 Å². The molecule has 0 aliphatic heterocycles. The third-order valence-electron chi connectivity index (χ3n) is 15.6. The number of nitrogens with zero attached hydrogens (tertiary/aromatic N) is 5. The molecule has 0 atom stereocenters. The molecule has 0 unspecified atom stereocenters. The van der Waals surface area contributed by atoms with Crippen molar-refractivity contribution in [2.45, 2.75) is 113 Å². The number of allylic oxidation sites excluding steroid dienone is 6. The molecule has 0 radical (unpaired) electrons. The minimum Gasteiger partial charge on any atom is -0.508 e. The first kappa shape index (κ1) is 103. The van der Waals surface area contributed by atoms with Crippen molar-refractivity contribution in [3.8, 4) is 76.3 Å². The monoisotopic (exact) mass is 1680 g/mol. The summed E-state index contributed by atoms with van der Waals surface area (Å²) in [7, 11) is 0. The summed E-state index contributed by atoms with van der Waals surface area (Å²) in [5.74, 6) is -10.3. The summed E-state index contributed by atoms with van der Waals surface area (Å²) in [4.78, 5) is 133. The van der Waals surface area contributed by atoms with Gasteiger partial charge >= 0.3 is 0 Å². The molecule has 0 spiro atoms. The average Bonchev–Trinajstić information content (AvgIpc) is 0.859. The quantitative estimate of drug-likeness (QED) is 0.00574. The Hall–Kier alpha value is -16.3. The first-order valence-corrected chi connectivity index (χ1v) is 37.0. The van der Waals surface area contributed by atoms with Crippen LogP contribution in [0.1, 0.15) is 149 Å². The first-order chi connectivity index (χ1) is 58.4. The maximum atomic E-state index is 11.4. The molecule has 31 heteroatoms. The maximum Gasteiger partial charge on any atom is 0.224 e. The van der Waals surface area contributed by atoms with Crippen LogP contribution in [0.15, 0.2) is 182 Å². The number of benzene rings is 7. The third-order valence-corrected chi connectivity index (χ3v) is 15.6. The Labute approximate surface area is 708 Å². The maximum absolute atomic E-state index is 11.4. The van der Waals surface area contributed by atoms with E-state index in [4.69, 9.17) is 55.1 Å². The molecule has 0 aliphatic carbocycles. The largest absolute Gasteiger partial charge is 0.508 e. The second-order valence-electron chi connectivity index (χ2n) is 25.6. The molecule has 7 aromatic carbocycles. The minimum atomic E-state index is -0.889. The number of rotatable bonds is 37. The van der Waals surface area contributed by atoms with Crippen LogP contribution in [0.3, 0.4) is 0 Å². The van der Waals surface area contributed by atoms with E-state index in [0.717, 1.165) is 88.6 Å². The number of carbonyl (C=O) groups excluding carboxylic acids is 12. The first-order valence-electron chi connectivity index (χ1n) is 37.0. The van der Waals surface area contributed by atoms with E-state index in [1.54, 1.807) is 97.1 Å². The van der Waals surface area contributed by atoms with Gasteiger partial charge in [-0.05, 0) is 130 Å². The number of para-hydroxylation sites is 2. The van der Waals surface area contributed by atoms with E-state index in [-0.39, 0.29) is 58.9 Å². The molecule has 123 heavy (non-hydrogen) atoms. The number of carbonyl (C=O) groups is 12. The van der Waals surface area contributed by atoms with Crippen molar-refractivity contribution in [2.24, 2.45) is 0 Å². The Morgan fingerprint density at radius 2 is 0.683 bits per heavy atom.